The Labute approximate surface area is 233 Å². The summed E-state index contributed by atoms with van der Waals surface area (Å²) < 4.78 is 69.5. The van der Waals surface area contributed by atoms with Gasteiger partial charge < -0.3 is 25.2 Å². The van der Waals surface area contributed by atoms with Crippen LogP contribution in [0.15, 0.2) is 36.4 Å². The predicted molar refractivity (Wildman–Crippen MR) is 139 cm³/mol. The average molecular weight is 586 g/mol. The van der Waals surface area contributed by atoms with E-state index < -0.39 is 29.8 Å². The number of halogens is 5. The van der Waals surface area contributed by atoms with Gasteiger partial charge in [-0.05, 0) is 74.9 Å². The molecule has 1 heterocycles. The Morgan fingerprint density at radius 1 is 0.976 bits per heavy atom. The minimum Gasteiger partial charge on any atom is -0.493 e. The Hall–Kier alpha value is -3.61. The van der Waals surface area contributed by atoms with Crippen molar-refractivity contribution in [3.8, 4) is 11.5 Å². The van der Waals surface area contributed by atoms with E-state index in [0.29, 0.717) is 12.1 Å². The second-order valence-corrected chi connectivity index (χ2v) is 10.5. The van der Waals surface area contributed by atoms with Gasteiger partial charge in [-0.1, -0.05) is 6.07 Å². The number of carbonyl (C=O) groups excluding carboxylic acids is 1. The van der Waals surface area contributed by atoms with Crippen LogP contribution in [-0.2, 0) is 10.2 Å². The van der Waals surface area contributed by atoms with Gasteiger partial charge in [-0.3, -0.25) is 4.90 Å². The summed E-state index contributed by atoms with van der Waals surface area (Å²) in [5.74, 6) is -3.22. The standard InChI is InChI=1S/C26H31F2N3O3.C2HF3O2/c1-33-22-8-3-16(13-23(22)34-2)26-10-9-18(15-24(26)31(12-11-26)19-5-6-19)30-25(32)29-17-4-7-20(27)21(28)14-17;3-2(4,5)1(6)7/h3-4,7-8,13-14,18-19,24H,5-6,9-12,15H2,1-2H3,(H2,29,30,32);(H,6,7). The summed E-state index contributed by atoms with van der Waals surface area (Å²) >= 11 is 0. The summed E-state index contributed by atoms with van der Waals surface area (Å²) in [6, 6.07) is 10.2. The Balaban J connectivity index is 0.000000493. The van der Waals surface area contributed by atoms with E-state index in [9.17, 15) is 26.7 Å². The molecule has 8 nitrogen and oxygen atoms in total. The zero-order valence-corrected chi connectivity index (χ0v) is 22.6. The van der Waals surface area contributed by atoms with Crippen molar-refractivity contribution in [2.45, 2.75) is 68.2 Å². The molecule has 41 heavy (non-hydrogen) atoms. The number of carboxylic acids is 1. The molecule has 2 aromatic carbocycles. The molecule has 0 bridgehead atoms. The van der Waals surface area contributed by atoms with Gasteiger partial charge in [0, 0.05) is 35.3 Å². The number of carboxylic acid groups (broad SMARTS) is 1. The van der Waals surface area contributed by atoms with Crippen LogP contribution in [0.1, 0.15) is 44.1 Å². The van der Waals surface area contributed by atoms with Gasteiger partial charge in [0.25, 0.3) is 0 Å². The van der Waals surface area contributed by atoms with E-state index in [1.54, 1.807) is 14.2 Å². The fourth-order valence-corrected chi connectivity index (χ4v) is 5.97. The highest BCUT2D eigenvalue weighted by Crippen LogP contribution is 2.52. The molecule has 3 unspecified atom stereocenters. The monoisotopic (exact) mass is 585 g/mol. The Bertz CT molecular complexity index is 1270. The fourth-order valence-electron chi connectivity index (χ4n) is 5.97. The lowest BCUT2D eigenvalue weighted by atomic mass is 9.65. The van der Waals surface area contributed by atoms with Crippen LogP contribution in [-0.4, -0.2) is 67.1 Å². The van der Waals surface area contributed by atoms with Gasteiger partial charge in [0.2, 0.25) is 0 Å². The number of benzene rings is 2. The van der Waals surface area contributed by atoms with Crippen molar-refractivity contribution < 1.29 is 46.1 Å². The van der Waals surface area contributed by atoms with Crippen LogP contribution in [0.25, 0.3) is 0 Å². The minimum absolute atomic E-state index is 0.00270. The summed E-state index contributed by atoms with van der Waals surface area (Å²) in [4.78, 5) is 24.2. The van der Waals surface area contributed by atoms with Gasteiger partial charge in [-0.25, -0.2) is 18.4 Å². The van der Waals surface area contributed by atoms with Crippen LogP contribution in [0.2, 0.25) is 0 Å². The lowest BCUT2D eigenvalue weighted by Gasteiger charge is -2.45. The quantitative estimate of drug-likeness (QED) is 0.390. The molecular weight excluding hydrogens is 553 g/mol. The summed E-state index contributed by atoms with van der Waals surface area (Å²) in [7, 11) is 3.31. The van der Waals surface area contributed by atoms with Gasteiger partial charge >= 0.3 is 18.2 Å². The molecule has 0 radical (unpaired) electrons. The van der Waals surface area contributed by atoms with E-state index in [0.717, 1.165) is 55.9 Å². The first-order chi connectivity index (χ1) is 19.4. The molecule has 1 aliphatic heterocycles. The lowest BCUT2D eigenvalue weighted by molar-refractivity contribution is -0.192. The number of nitrogens with zero attached hydrogens (tertiary/aromatic N) is 1. The number of methoxy groups -OCH3 is 2. The van der Waals surface area contributed by atoms with Crippen molar-refractivity contribution in [3.05, 3.63) is 53.6 Å². The number of likely N-dealkylation sites (tertiary alicyclic amines) is 1. The first-order valence-corrected chi connectivity index (χ1v) is 13.2. The first-order valence-electron chi connectivity index (χ1n) is 13.2. The number of ether oxygens (including phenoxy) is 2. The zero-order valence-electron chi connectivity index (χ0n) is 22.6. The molecule has 0 aromatic heterocycles. The number of amides is 2. The minimum atomic E-state index is -5.08. The molecule has 3 aliphatic rings. The summed E-state index contributed by atoms with van der Waals surface area (Å²) in [6.07, 6.45) is 1.09. The smallest absolute Gasteiger partial charge is 0.490 e. The highest BCUT2D eigenvalue weighted by molar-refractivity contribution is 5.89. The molecule has 224 valence electrons. The molecule has 2 amide bonds. The van der Waals surface area contributed by atoms with E-state index in [-0.39, 0.29) is 17.1 Å². The van der Waals surface area contributed by atoms with Crippen LogP contribution in [0, 0.1) is 11.6 Å². The van der Waals surface area contributed by atoms with E-state index in [4.69, 9.17) is 19.4 Å². The third-order valence-electron chi connectivity index (χ3n) is 8.03. The van der Waals surface area contributed by atoms with Crippen LogP contribution in [0.5, 0.6) is 11.5 Å². The number of rotatable bonds is 6. The van der Waals surface area contributed by atoms with Crippen molar-refractivity contribution in [1.29, 1.82) is 0 Å². The second-order valence-electron chi connectivity index (χ2n) is 10.5. The maximum Gasteiger partial charge on any atom is 0.490 e. The summed E-state index contributed by atoms with van der Waals surface area (Å²) in [6.45, 7) is 1.05. The topological polar surface area (TPSA) is 100 Å². The maximum atomic E-state index is 13.5. The summed E-state index contributed by atoms with van der Waals surface area (Å²) in [5, 5.41) is 12.8. The number of aliphatic carboxylic acids is 1. The molecule has 5 rings (SSSR count). The number of fused-ring (bicyclic) bond motifs is 1. The van der Waals surface area contributed by atoms with Crippen LogP contribution in [0.3, 0.4) is 0 Å². The fraction of sp³-hybridized carbons (Fsp3) is 0.500. The number of alkyl halides is 3. The number of hydrogen-bond donors (Lipinski definition) is 3. The molecule has 2 saturated carbocycles. The molecule has 3 atom stereocenters. The first kappa shape index (κ1) is 30.4. The lowest BCUT2D eigenvalue weighted by Crippen LogP contribution is -2.53. The van der Waals surface area contributed by atoms with Crippen molar-refractivity contribution in [2.24, 2.45) is 0 Å². The van der Waals surface area contributed by atoms with Crippen LogP contribution >= 0.6 is 0 Å². The van der Waals surface area contributed by atoms with Crippen molar-refractivity contribution in [1.82, 2.24) is 10.2 Å². The molecule has 2 aliphatic carbocycles. The van der Waals surface area contributed by atoms with Gasteiger partial charge in [-0.2, -0.15) is 13.2 Å². The SMILES string of the molecule is COc1ccc(C23CCC(NC(=O)Nc4ccc(F)c(F)c4)CC2N(C2CC2)CC3)cc1OC.O=C(O)C(F)(F)F. The van der Waals surface area contributed by atoms with Crippen LogP contribution < -0.4 is 20.1 Å². The largest absolute Gasteiger partial charge is 0.493 e. The molecule has 13 heteroatoms. The van der Waals surface area contributed by atoms with Gasteiger partial charge in [-0.15, -0.1) is 0 Å². The van der Waals surface area contributed by atoms with Gasteiger partial charge in [0.05, 0.1) is 14.2 Å². The van der Waals surface area contributed by atoms with Gasteiger partial charge in [0.1, 0.15) is 0 Å². The Morgan fingerprint density at radius 3 is 2.24 bits per heavy atom. The molecule has 1 saturated heterocycles. The average Bonchev–Trinajstić information content (AvgIpc) is 3.70. The molecular formula is C28H32F5N3O5. The number of hydrogen-bond acceptors (Lipinski definition) is 5. The van der Waals surface area contributed by atoms with Crippen molar-refractivity contribution in [2.75, 3.05) is 26.1 Å². The number of carbonyl (C=O) groups is 2. The number of urea groups is 1. The zero-order chi connectivity index (χ0) is 29.9. The molecule has 0 spiro atoms. The highest BCUT2D eigenvalue weighted by Gasteiger charge is 2.54. The highest BCUT2D eigenvalue weighted by atomic mass is 19.4. The maximum absolute atomic E-state index is 13.5. The molecule has 3 fully saturated rings. The van der Waals surface area contributed by atoms with E-state index >= 15 is 0 Å². The predicted octanol–water partition coefficient (Wildman–Crippen LogP) is 5.46. The normalized spacial score (nSPS) is 24.0. The second kappa shape index (κ2) is 12.1. The Morgan fingerprint density at radius 2 is 1.66 bits per heavy atom. The molecule has 3 N–H and O–H groups in total. The van der Waals surface area contributed by atoms with Crippen molar-refractivity contribution >= 4 is 17.7 Å². The Kier molecular flexibility index (Phi) is 8.95. The third kappa shape index (κ3) is 6.83. The van der Waals surface area contributed by atoms with Crippen molar-refractivity contribution in [3.63, 3.8) is 0 Å². The van der Waals surface area contributed by atoms with E-state index in [2.05, 4.69) is 27.7 Å². The number of anilines is 1. The number of nitrogens with one attached hydrogen (secondary N) is 2. The van der Waals surface area contributed by atoms with E-state index in [1.807, 2.05) is 6.07 Å². The molecule has 2 aromatic rings. The third-order valence-corrected chi connectivity index (χ3v) is 8.03. The van der Waals surface area contributed by atoms with E-state index in [1.165, 1.54) is 24.5 Å². The van der Waals surface area contributed by atoms with Crippen LogP contribution in [0.4, 0.5) is 32.4 Å². The summed E-state index contributed by atoms with van der Waals surface area (Å²) in [5.41, 5.74) is 1.51. The van der Waals surface area contributed by atoms with Gasteiger partial charge in [0.15, 0.2) is 23.1 Å².